The van der Waals surface area contributed by atoms with Crippen LogP contribution in [0.1, 0.15) is 78.2 Å². The maximum absolute atomic E-state index is 15.3. The molecule has 7 atom stereocenters. The molecule has 212 valence electrons. The molecule has 1 N–H and O–H groups in total. The summed E-state index contributed by atoms with van der Waals surface area (Å²) in [5, 5.41) is 11.3. The van der Waals surface area contributed by atoms with Crippen molar-refractivity contribution in [2.24, 2.45) is 11.8 Å². The quantitative estimate of drug-likeness (QED) is 0.175. The number of ether oxygens (including phenoxy) is 2. The smallest absolute Gasteiger partial charge is 0.192 e. The molecule has 7 heteroatoms. The molecule has 1 aliphatic carbocycles. The molecule has 2 aliphatic rings. The van der Waals surface area contributed by atoms with Crippen LogP contribution in [0, 0.1) is 29.5 Å². The molecule has 0 bridgehead atoms. The molecule has 1 unspecified atom stereocenters. The predicted molar refractivity (Wildman–Crippen MR) is 158 cm³/mol. The van der Waals surface area contributed by atoms with E-state index in [1.54, 1.807) is 12.1 Å². The Labute approximate surface area is 239 Å². The highest BCUT2D eigenvalue weighted by molar-refractivity contribution is 9.10. The summed E-state index contributed by atoms with van der Waals surface area (Å²) in [4.78, 5) is 0. The van der Waals surface area contributed by atoms with Crippen molar-refractivity contribution >= 4 is 24.2 Å². The third-order valence-corrected chi connectivity index (χ3v) is 13.5. The third kappa shape index (κ3) is 7.80. The number of aliphatic hydroxyl groups excluding tert-OH is 1. The Morgan fingerprint density at radius 1 is 1.29 bits per heavy atom. The van der Waals surface area contributed by atoms with E-state index in [-0.39, 0.29) is 41.2 Å². The Kier molecular flexibility index (Phi) is 11.2. The summed E-state index contributed by atoms with van der Waals surface area (Å²) in [7, 11) is -2.08. The van der Waals surface area contributed by atoms with Crippen LogP contribution in [0.15, 0.2) is 34.8 Å². The number of halogens is 2. The Morgan fingerprint density at radius 2 is 2.03 bits per heavy atom. The molecule has 1 aromatic carbocycles. The maximum atomic E-state index is 15.3. The van der Waals surface area contributed by atoms with Crippen LogP contribution in [-0.2, 0) is 13.9 Å². The van der Waals surface area contributed by atoms with Crippen LogP contribution >= 0.6 is 15.9 Å². The normalized spacial score (nSPS) is 28.2. The first-order chi connectivity index (χ1) is 17.9. The zero-order chi connectivity index (χ0) is 28.1. The third-order valence-electron chi connectivity index (χ3n) is 8.46. The Bertz CT molecular complexity index is 1010. The van der Waals surface area contributed by atoms with E-state index in [2.05, 4.69) is 80.7 Å². The highest BCUT2D eigenvalue weighted by Crippen LogP contribution is 2.45. The monoisotopic (exact) mass is 608 g/mol. The van der Waals surface area contributed by atoms with Gasteiger partial charge in [0.15, 0.2) is 14.6 Å². The summed E-state index contributed by atoms with van der Waals surface area (Å²) >= 11 is 3.33. The summed E-state index contributed by atoms with van der Waals surface area (Å²) in [5.41, 5.74) is 0.504. The van der Waals surface area contributed by atoms with Gasteiger partial charge in [-0.3, -0.25) is 0 Å². The lowest BCUT2D eigenvalue weighted by Crippen LogP contribution is -2.45. The highest BCUT2D eigenvalue weighted by Gasteiger charge is 2.45. The van der Waals surface area contributed by atoms with E-state index in [9.17, 15) is 5.11 Å². The number of rotatable bonds is 9. The van der Waals surface area contributed by atoms with Gasteiger partial charge in [-0.2, -0.15) is 0 Å². The molecule has 0 radical (unpaired) electrons. The molecule has 3 rings (SSSR count). The highest BCUT2D eigenvalue weighted by atomic mass is 79.9. The van der Waals surface area contributed by atoms with Crippen molar-refractivity contribution in [1.29, 1.82) is 0 Å². The fraction of sp³-hybridized carbons (Fsp3) is 0.677. The van der Waals surface area contributed by atoms with Gasteiger partial charge in [-0.1, -0.05) is 52.0 Å². The molecule has 1 saturated carbocycles. The predicted octanol–water partition coefficient (Wildman–Crippen LogP) is 7.96. The zero-order valence-electron chi connectivity index (χ0n) is 24.1. The molecule has 4 nitrogen and oxygen atoms in total. The van der Waals surface area contributed by atoms with E-state index in [0.29, 0.717) is 23.1 Å². The average molecular weight is 610 g/mol. The fourth-order valence-electron chi connectivity index (χ4n) is 5.10. The second-order valence-corrected chi connectivity index (χ2v) is 18.0. The van der Waals surface area contributed by atoms with E-state index in [4.69, 9.17) is 13.9 Å². The molecule has 2 fully saturated rings. The minimum atomic E-state index is -2.08. The molecule has 1 aliphatic heterocycles. The molecule has 1 heterocycles. The van der Waals surface area contributed by atoms with Crippen molar-refractivity contribution in [2.75, 3.05) is 6.61 Å². The van der Waals surface area contributed by atoms with E-state index in [1.165, 1.54) is 0 Å². The van der Waals surface area contributed by atoms with Crippen molar-refractivity contribution < 1.29 is 23.4 Å². The van der Waals surface area contributed by atoms with E-state index >= 15 is 4.39 Å². The van der Waals surface area contributed by atoms with Gasteiger partial charge >= 0.3 is 0 Å². The summed E-state index contributed by atoms with van der Waals surface area (Å²) in [5.74, 6) is 5.42. The van der Waals surface area contributed by atoms with Gasteiger partial charge in [0, 0.05) is 31.3 Å². The molecule has 0 amide bonds. The van der Waals surface area contributed by atoms with Gasteiger partial charge in [0.25, 0.3) is 0 Å². The zero-order valence-corrected chi connectivity index (χ0v) is 26.7. The Hall–Kier alpha value is -1.01. The minimum absolute atomic E-state index is 0.0603. The average Bonchev–Trinajstić information content (AvgIpc) is 3.15. The summed E-state index contributed by atoms with van der Waals surface area (Å²) in [6.45, 7) is 16.0. The van der Waals surface area contributed by atoms with E-state index in [1.807, 2.05) is 13.0 Å². The number of hydrogen-bond donors (Lipinski definition) is 1. The molecule has 38 heavy (non-hydrogen) atoms. The van der Waals surface area contributed by atoms with Crippen molar-refractivity contribution in [3.8, 4) is 11.8 Å². The summed E-state index contributed by atoms with van der Waals surface area (Å²) in [6, 6.07) is 5.29. The van der Waals surface area contributed by atoms with Gasteiger partial charge in [-0.25, -0.2) is 4.39 Å². The number of hydrogen-bond acceptors (Lipinski definition) is 4. The Balaban J connectivity index is 1.97. The second kappa shape index (κ2) is 13.6. The lowest BCUT2D eigenvalue weighted by molar-refractivity contribution is -0.192. The minimum Gasteiger partial charge on any atom is -0.410 e. The van der Waals surface area contributed by atoms with Crippen LogP contribution in [0.25, 0.3) is 0 Å². The van der Waals surface area contributed by atoms with Crippen molar-refractivity contribution in [3.05, 3.63) is 46.2 Å². The lowest BCUT2D eigenvalue weighted by atomic mass is 9.85. The van der Waals surface area contributed by atoms with Crippen LogP contribution < -0.4 is 0 Å². The fourth-order valence-corrected chi connectivity index (χ4v) is 6.83. The Morgan fingerprint density at radius 3 is 2.66 bits per heavy atom. The van der Waals surface area contributed by atoms with Gasteiger partial charge in [-0.15, -0.1) is 11.8 Å². The van der Waals surface area contributed by atoms with Crippen LogP contribution in [0.3, 0.4) is 0 Å². The van der Waals surface area contributed by atoms with Gasteiger partial charge in [-0.05, 0) is 77.8 Å². The number of aliphatic hydroxyl groups is 1. The largest absolute Gasteiger partial charge is 0.410 e. The molecule has 0 spiro atoms. The van der Waals surface area contributed by atoms with Crippen LogP contribution in [-0.4, -0.2) is 44.6 Å². The number of benzene rings is 1. The van der Waals surface area contributed by atoms with Crippen LogP contribution in [0.5, 0.6) is 0 Å². The van der Waals surface area contributed by atoms with Gasteiger partial charge in [0.2, 0.25) is 0 Å². The molecular weight excluding hydrogens is 563 g/mol. The molecule has 1 aromatic rings. The SMILES string of the molecule is CC#CC[C@H](C)[C@@H](/C=C/[C@@H]1[C@@H](c2cccc(Br)c2F)[C@@H](O)C[C@H]1OC1CCCCO1)O[Si](C)(C)C(C)(C)C. The maximum Gasteiger partial charge on any atom is 0.192 e. The topological polar surface area (TPSA) is 47.9 Å². The second-order valence-electron chi connectivity index (χ2n) is 12.4. The van der Waals surface area contributed by atoms with Crippen LogP contribution in [0.4, 0.5) is 4.39 Å². The van der Waals surface area contributed by atoms with Crippen molar-refractivity contribution in [1.82, 2.24) is 0 Å². The summed E-state index contributed by atoms with van der Waals surface area (Å²) in [6.07, 6.45) is 6.88. The molecular formula is C31H46BrFO4Si. The van der Waals surface area contributed by atoms with E-state index in [0.717, 1.165) is 25.7 Å². The van der Waals surface area contributed by atoms with E-state index < -0.39 is 20.3 Å². The van der Waals surface area contributed by atoms with Gasteiger partial charge in [0.05, 0.1) is 22.8 Å². The standard InChI is InChI=1S/C31H46BrFO4Si/c1-8-9-13-21(2)26(37-38(6,7)31(3,4)5)18-17-22-27(36-28-16-10-11-19-35-28)20-25(34)29(22)23-14-12-15-24(32)30(23)33/h12,14-15,17-18,21-22,25-29,34H,10-11,13,16,19-20H2,1-7H3/b18-17+/t21-,22-,25-,26+,27+,28?,29-/m0/s1. The lowest BCUT2D eigenvalue weighted by Gasteiger charge is -2.40. The first kappa shape index (κ1) is 31.5. The van der Waals surface area contributed by atoms with Crippen LogP contribution in [0.2, 0.25) is 18.1 Å². The first-order valence-corrected chi connectivity index (χ1v) is 17.7. The van der Waals surface area contributed by atoms with Gasteiger partial charge < -0.3 is 19.0 Å². The molecule has 1 saturated heterocycles. The first-order valence-electron chi connectivity index (χ1n) is 14.0. The van der Waals surface area contributed by atoms with Gasteiger partial charge in [0.1, 0.15) is 5.82 Å². The van der Waals surface area contributed by atoms with Crippen molar-refractivity contribution in [3.63, 3.8) is 0 Å². The summed E-state index contributed by atoms with van der Waals surface area (Å²) < 4.78 is 34.9. The van der Waals surface area contributed by atoms with Crippen molar-refractivity contribution in [2.45, 2.75) is 115 Å². The molecule has 0 aromatic heterocycles.